The lowest BCUT2D eigenvalue weighted by atomic mass is 10.1. The first-order valence-electron chi connectivity index (χ1n) is 4.86. The van der Waals surface area contributed by atoms with Gasteiger partial charge in [-0.15, -0.1) is 4.58 Å². The van der Waals surface area contributed by atoms with Crippen LogP contribution in [0.1, 0.15) is 51.9 Å². The lowest BCUT2D eigenvalue weighted by Crippen LogP contribution is -2.16. The molecule has 0 aromatic heterocycles. The molecular weight excluding hydrogens is 190 g/mol. The van der Waals surface area contributed by atoms with Crippen molar-refractivity contribution in [2.75, 3.05) is 0 Å². The highest BCUT2D eigenvalue weighted by atomic mass is 35.5. The van der Waals surface area contributed by atoms with Gasteiger partial charge in [0.1, 0.15) is 0 Å². The number of carbonyl (C=O) groups is 1. The van der Waals surface area contributed by atoms with Crippen molar-refractivity contribution in [1.29, 1.82) is 0 Å². The summed E-state index contributed by atoms with van der Waals surface area (Å²) in [6, 6.07) is 0. The van der Waals surface area contributed by atoms with Gasteiger partial charge >= 0.3 is 0 Å². The van der Waals surface area contributed by atoms with Crippen molar-refractivity contribution in [2.45, 2.75) is 51.9 Å². The minimum atomic E-state index is -0.419. The molecule has 0 bridgehead atoms. The SMILES string of the molecule is CCCCCCCCC(=O)N(O)Cl. The quantitative estimate of drug-likeness (QED) is 0.302. The largest absolute Gasteiger partial charge is 0.271 e. The molecule has 0 radical (unpaired) electrons. The Balaban J connectivity index is 3.12. The Morgan fingerprint density at radius 1 is 1.23 bits per heavy atom. The predicted octanol–water partition coefficient (Wildman–Crippen LogP) is 3.11. The van der Waals surface area contributed by atoms with Crippen molar-refractivity contribution in [2.24, 2.45) is 0 Å². The zero-order valence-electron chi connectivity index (χ0n) is 8.13. The van der Waals surface area contributed by atoms with E-state index in [1.165, 1.54) is 19.3 Å². The number of hydroxylamine groups is 1. The summed E-state index contributed by atoms with van der Waals surface area (Å²) in [5.74, 6) is -0.419. The van der Waals surface area contributed by atoms with Crippen molar-refractivity contribution < 1.29 is 10.0 Å². The van der Waals surface area contributed by atoms with E-state index in [9.17, 15) is 4.79 Å². The van der Waals surface area contributed by atoms with Gasteiger partial charge in [0.15, 0.2) is 0 Å². The van der Waals surface area contributed by atoms with E-state index in [0.717, 1.165) is 19.3 Å². The molecule has 0 rings (SSSR count). The van der Waals surface area contributed by atoms with E-state index in [0.29, 0.717) is 6.42 Å². The second kappa shape index (κ2) is 8.32. The van der Waals surface area contributed by atoms with Gasteiger partial charge in [0.25, 0.3) is 5.91 Å². The number of carbonyl (C=O) groups excluding carboxylic acids is 1. The first kappa shape index (κ1) is 12.7. The van der Waals surface area contributed by atoms with Gasteiger partial charge in [-0.1, -0.05) is 39.0 Å². The first-order chi connectivity index (χ1) is 6.18. The van der Waals surface area contributed by atoms with Gasteiger partial charge in [-0.2, -0.15) is 0 Å². The molecule has 0 aromatic carbocycles. The highest BCUT2D eigenvalue weighted by Gasteiger charge is 2.06. The molecule has 1 amide bonds. The molecule has 0 spiro atoms. The van der Waals surface area contributed by atoms with E-state index < -0.39 is 5.91 Å². The van der Waals surface area contributed by atoms with Gasteiger partial charge < -0.3 is 0 Å². The molecule has 3 nitrogen and oxygen atoms in total. The highest BCUT2D eigenvalue weighted by Crippen LogP contribution is 2.08. The summed E-state index contributed by atoms with van der Waals surface area (Å²) >= 11 is 5.03. The number of nitrogens with zero attached hydrogens (tertiary/aromatic N) is 1. The van der Waals surface area contributed by atoms with Gasteiger partial charge in [0.2, 0.25) is 0 Å². The maximum absolute atomic E-state index is 10.8. The third-order valence-corrected chi connectivity index (χ3v) is 2.14. The van der Waals surface area contributed by atoms with Gasteiger partial charge in [-0.05, 0) is 6.42 Å². The van der Waals surface area contributed by atoms with Gasteiger partial charge in [-0.25, -0.2) is 0 Å². The lowest BCUT2D eigenvalue weighted by Gasteiger charge is -2.04. The third-order valence-electron chi connectivity index (χ3n) is 1.95. The summed E-state index contributed by atoms with van der Waals surface area (Å²) in [6.45, 7) is 2.17. The summed E-state index contributed by atoms with van der Waals surface area (Å²) in [7, 11) is 0. The molecule has 4 heteroatoms. The van der Waals surface area contributed by atoms with Crippen LogP contribution in [0.4, 0.5) is 0 Å². The zero-order valence-corrected chi connectivity index (χ0v) is 8.89. The molecule has 0 aliphatic rings. The van der Waals surface area contributed by atoms with Crippen LogP contribution in [0.25, 0.3) is 0 Å². The van der Waals surface area contributed by atoms with Crippen molar-refractivity contribution in [1.82, 2.24) is 4.58 Å². The Morgan fingerprint density at radius 3 is 2.31 bits per heavy atom. The number of hydrogen-bond acceptors (Lipinski definition) is 2. The number of hydrogen-bond donors (Lipinski definition) is 1. The molecule has 1 N–H and O–H groups in total. The molecule has 0 aliphatic carbocycles. The van der Waals surface area contributed by atoms with E-state index in [2.05, 4.69) is 6.92 Å². The summed E-state index contributed by atoms with van der Waals surface area (Å²) in [5, 5.41) is 8.51. The number of unbranched alkanes of at least 4 members (excludes halogenated alkanes) is 5. The highest BCUT2D eigenvalue weighted by molar-refractivity contribution is 6.19. The van der Waals surface area contributed by atoms with Crippen molar-refractivity contribution in [3.63, 3.8) is 0 Å². The van der Waals surface area contributed by atoms with E-state index in [1.807, 2.05) is 0 Å². The standard InChI is InChI=1S/C9H18ClNO2/c1-2-3-4-5-6-7-8-9(12)11(10)13/h13H,2-8H2,1H3. The van der Waals surface area contributed by atoms with Crippen LogP contribution in [-0.4, -0.2) is 15.7 Å². The minimum Gasteiger partial charge on any atom is -0.271 e. The van der Waals surface area contributed by atoms with Crippen LogP contribution in [0.5, 0.6) is 0 Å². The molecule has 13 heavy (non-hydrogen) atoms. The van der Waals surface area contributed by atoms with Crippen LogP contribution in [0.2, 0.25) is 0 Å². The van der Waals surface area contributed by atoms with Crippen LogP contribution in [0.15, 0.2) is 0 Å². The van der Waals surface area contributed by atoms with Crippen molar-refractivity contribution >= 4 is 17.7 Å². The summed E-state index contributed by atoms with van der Waals surface area (Å²) in [6.07, 6.45) is 7.07. The number of amides is 1. The third kappa shape index (κ3) is 8.06. The Bertz CT molecular complexity index is 140. The lowest BCUT2D eigenvalue weighted by molar-refractivity contribution is -0.146. The minimum absolute atomic E-state index is 0.145. The van der Waals surface area contributed by atoms with Crippen LogP contribution in [0.3, 0.4) is 0 Å². The fourth-order valence-electron chi connectivity index (χ4n) is 1.15. The van der Waals surface area contributed by atoms with E-state index in [4.69, 9.17) is 17.0 Å². The van der Waals surface area contributed by atoms with E-state index >= 15 is 0 Å². The van der Waals surface area contributed by atoms with Crippen LogP contribution < -0.4 is 0 Å². The van der Waals surface area contributed by atoms with Crippen LogP contribution in [0, 0.1) is 0 Å². The van der Waals surface area contributed by atoms with Crippen LogP contribution in [-0.2, 0) is 4.79 Å². The fourth-order valence-corrected chi connectivity index (χ4v) is 1.23. The van der Waals surface area contributed by atoms with Gasteiger partial charge in [0, 0.05) is 18.2 Å². The average molecular weight is 208 g/mol. The smallest absolute Gasteiger partial charge is 0.261 e. The van der Waals surface area contributed by atoms with E-state index in [1.54, 1.807) is 0 Å². The zero-order chi connectivity index (χ0) is 10.1. The summed E-state index contributed by atoms with van der Waals surface area (Å²) in [4.78, 5) is 10.8. The van der Waals surface area contributed by atoms with Crippen molar-refractivity contribution in [3.8, 4) is 0 Å². The maximum atomic E-state index is 10.8. The average Bonchev–Trinajstić information content (AvgIpc) is 2.10. The van der Waals surface area contributed by atoms with Crippen molar-refractivity contribution in [3.05, 3.63) is 0 Å². The second-order valence-corrected chi connectivity index (χ2v) is 3.49. The molecule has 0 saturated carbocycles. The number of rotatable bonds is 7. The Morgan fingerprint density at radius 2 is 1.77 bits per heavy atom. The molecular formula is C9H18ClNO2. The molecule has 0 fully saturated rings. The molecule has 0 heterocycles. The predicted molar refractivity (Wildman–Crippen MR) is 52.5 cm³/mol. The fraction of sp³-hybridized carbons (Fsp3) is 0.889. The Labute approximate surface area is 84.7 Å². The second-order valence-electron chi connectivity index (χ2n) is 3.17. The molecule has 0 saturated heterocycles. The number of halogens is 1. The molecule has 0 atom stereocenters. The first-order valence-corrected chi connectivity index (χ1v) is 5.20. The topological polar surface area (TPSA) is 40.5 Å². The van der Waals surface area contributed by atoms with E-state index in [-0.39, 0.29) is 4.58 Å². The molecule has 0 aliphatic heterocycles. The normalized spacial score (nSPS) is 10.1. The Hall–Kier alpha value is -0.280. The molecule has 78 valence electrons. The Kier molecular flexibility index (Phi) is 8.14. The summed E-state index contributed by atoms with van der Waals surface area (Å²) < 4.78 is 0.145. The van der Waals surface area contributed by atoms with Gasteiger partial charge in [0.05, 0.1) is 0 Å². The molecule has 0 aromatic rings. The molecule has 0 unspecified atom stereocenters. The maximum Gasteiger partial charge on any atom is 0.261 e. The van der Waals surface area contributed by atoms with Crippen LogP contribution >= 0.6 is 11.8 Å². The van der Waals surface area contributed by atoms with Gasteiger partial charge in [-0.3, -0.25) is 10.0 Å². The summed E-state index contributed by atoms with van der Waals surface area (Å²) in [5.41, 5.74) is 0. The monoisotopic (exact) mass is 207 g/mol.